The molecule has 2 atom stereocenters. The van der Waals surface area contributed by atoms with Gasteiger partial charge in [0.25, 0.3) is 0 Å². The Balaban J connectivity index is 1.86. The molecule has 4 heteroatoms. The van der Waals surface area contributed by atoms with Gasteiger partial charge >= 0.3 is 0 Å². The summed E-state index contributed by atoms with van der Waals surface area (Å²) in [5, 5.41) is 3.57. The third-order valence-corrected chi connectivity index (χ3v) is 4.84. The molecule has 1 aromatic rings. The SMILES string of the molecule is CN=C(NCC1CCCCC1C)N(C)Cc1cccn1C. The Morgan fingerprint density at radius 2 is 2.19 bits per heavy atom. The van der Waals surface area contributed by atoms with Gasteiger partial charge in [-0.3, -0.25) is 4.99 Å². The molecule has 0 aromatic carbocycles. The van der Waals surface area contributed by atoms with Crippen LogP contribution in [0.15, 0.2) is 23.3 Å². The smallest absolute Gasteiger partial charge is 0.193 e. The summed E-state index contributed by atoms with van der Waals surface area (Å²) in [6, 6.07) is 4.25. The van der Waals surface area contributed by atoms with Crippen LogP contribution in [-0.4, -0.2) is 36.1 Å². The molecule has 21 heavy (non-hydrogen) atoms. The van der Waals surface area contributed by atoms with Crippen LogP contribution in [0.4, 0.5) is 0 Å². The van der Waals surface area contributed by atoms with Crippen LogP contribution in [0.3, 0.4) is 0 Å². The Bertz CT molecular complexity index is 463. The molecule has 0 spiro atoms. The van der Waals surface area contributed by atoms with Crippen molar-refractivity contribution in [2.75, 3.05) is 20.6 Å². The van der Waals surface area contributed by atoms with E-state index < -0.39 is 0 Å². The molecule has 118 valence electrons. The highest BCUT2D eigenvalue weighted by atomic mass is 15.3. The average molecular weight is 290 g/mol. The quantitative estimate of drug-likeness (QED) is 0.683. The van der Waals surface area contributed by atoms with Gasteiger partial charge in [0.05, 0.1) is 6.54 Å². The number of aryl methyl sites for hydroxylation is 1. The minimum absolute atomic E-state index is 0.791. The van der Waals surface area contributed by atoms with Gasteiger partial charge in [-0.1, -0.05) is 26.2 Å². The number of nitrogens with zero attached hydrogens (tertiary/aromatic N) is 3. The summed E-state index contributed by atoms with van der Waals surface area (Å²) in [6.45, 7) is 4.32. The lowest BCUT2D eigenvalue weighted by Crippen LogP contribution is -2.42. The zero-order valence-electron chi connectivity index (χ0n) is 14.0. The molecule has 2 unspecified atom stereocenters. The Kier molecular flexibility index (Phi) is 5.71. The summed E-state index contributed by atoms with van der Waals surface area (Å²) in [5.41, 5.74) is 1.30. The number of hydrogen-bond donors (Lipinski definition) is 1. The second-order valence-corrected chi connectivity index (χ2v) is 6.42. The summed E-state index contributed by atoms with van der Waals surface area (Å²) in [7, 11) is 6.06. The summed E-state index contributed by atoms with van der Waals surface area (Å²) < 4.78 is 2.16. The van der Waals surface area contributed by atoms with E-state index in [9.17, 15) is 0 Å². The van der Waals surface area contributed by atoms with Crippen molar-refractivity contribution < 1.29 is 0 Å². The zero-order chi connectivity index (χ0) is 15.2. The molecule has 0 bridgehead atoms. The fourth-order valence-corrected chi connectivity index (χ4v) is 3.28. The first-order chi connectivity index (χ1) is 10.1. The largest absolute Gasteiger partial charge is 0.356 e. The fourth-order valence-electron chi connectivity index (χ4n) is 3.28. The number of aliphatic imine (C=N–C) groups is 1. The molecule has 0 amide bonds. The van der Waals surface area contributed by atoms with E-state index in [1.165, 1.54) is 31.4 Å². The molecule has 1 saturated carbocycles. The number of nitrogens with one attached hydrogen (secondary N) is 1. The Morgan fingerprint density at radius 1 is 1.43 bits per heavy atom. The topological polar surface area (TPSA) is 32.6 Å². The van der Waals surface area contributed by atoms with E-state index >= 15 is 0 Å². The van der Waals surface area contributed by atoms with Gasteiger partial charge in [-0.2, -0.15) is 0 Å². The molecule has 0 aliphatic heterocycles. The molecule has 1 N–H and O–H groups in total. The minimum Gasteiger partial charge on any atom is -0.356 e. The van der Waals surface area contributed by atoms with E-state index in [0.29, 0.717) is 0 Å². The molecule has 0 radical (unpaired) electrons. The fraction of sp³-hybridized carbons (Fsp3) is 0.706. The van der Waals surface area contributed by atoms with Crippen molar-refractivity contribution in [2.45, 2.75) is 39.2 Å². The maximum atomic E-state index is 4.43. The summed E-state index contributed by atoms with van der Waals surface area (Å²) >= 11 is 0. The normalized spacial score (nSPS) is 23.1. The highest BCUT2D eigenvalue weighted by Crippen LogP contribution is 2.28. The predicted molar refractivity (Wildman–Crippen MR) is 89.4 cm³/mol. The molecule has 0 saturated heterocycles. The minimum atomic E-state index is 0.791. The lowest BCUT2D eigenvalue weighted by atomic mass is 9.80. The Labute approximate surface area is 129 Å². The Hall–Kier alpha value is -1.45. The molecule has 1 heterocycles. The highest BCUT2D eigenvalue weighted by molar-refractivity contribution is 5.79. The van der Waals surface area contributed by atoms with E-state index in [2.05, 4.69) is 59.1 Å². The van der Waals surface area contributed by atoms with Crippen LogP contribution in [0.25, 0.3) is 0 Å². The molecule has 1 aliphatic carbocycles. The maximum absolute atomic E-state index is 4.43. The van der Waals surface area contributed by atoms with Crippen LogP contribution >= 0.6 is 0 Å². The van der Waals surface area contributed by atoms with Gasteiger partial charge in [-0.05, 0) is 30.4 Å². The van der Waals surface area contributed by atoms with Crippen molar-refractivity contribution in [1.82, 2.24) is 14.8 Å². The van der Waals surface area contributed by atoms with Gasteiger partial charge in [0, 0.05) is 39.6 Å². The van der Waals surface area contributed by atoms with E-state index in [1.54, 1.807) is 0 Å². The Morgan fingerprint density at radius 3 is 2.81 bits per heavy atom. The van der Waals surface area contributed by atoms with Crippen LogP contribution in [-0.2, 0) is 13.6 Å². The van der Waals surface area contributed by atoms with Crippen LogP contribution in [0, 0.1) is 11.8 Å². The standard InChI is InChI=1S/C17H30N4/c1-14-8-5-6-9-15(14)12-19-17(18-2)21(4)13-16-10-7-11-20(16)3/h7,10-11,14-15H,5-6,8-9,12-13H2,1-4H3,(H,18,19). The van der Waals surface area contributed by atoms with E-state index in [0.717, 1.165) is 30.9 Å². The van der Waals surface area contributed by atoms with Crippen molar-refractivity contribution >= 4 is 5.96 Å². The van der Waals surface area contributed by atoms with Crippen molar-refractivity contribution in [3.05, 3.63) is 24.0 Å². The first-order valence-electron chi connectivity index (χ1n) is 8.13. The van der Waals surface area contributed by atoms with Gasteiger partial charge in [0.2, 0.25) is 0 Å². The van der Waals surface area contributed by atoms with Crippen molar-refractivity contribution in [2.24, 2.45) is 23.9 Å². The molecular formula is C17H30N4. The second kappa shape index (κ2) is 7.53. The van der Waals surface area contributed by atoms with E-state index in [-0.39, 0.29) is 0 Å². The van der Waals surface area contributed by atoms with Crippen LogP contribution in [0.2, 0.25) is 0 Å². The monoisotopic (exact) mass is 290 g/mol. The van der Waals surface area contributed by atoms with Crippen molar-refractivity contribution in [3.63, 3.8) is 0 Å². The summed E-state index contributed by atoms with van der Waals surface area (Å²) in [5.74, 6) is 2.62. The molecule has 1 aromatic heterocycles. The third kappa shape index (κ3) is 4.26. The zero-order valence-corrected chi connectivity index (χ0v) is 14.0. The van der Waals surface area contributed by atoms with Crippen molar-refractivity contribution in [1.29, 1.82) is 0 Å². The van der Waals surface area contributed by atoms with Gasteiger partial charge in [-0.15, -0.1) is 0 Å². The first kappa shape index (κ1) is 15.9. The van der Waals surface area contributed by atoms with Gasteiger partial charge in [-0.25, -0.2) is 0 Å². The predicted octanol–water partition coefficient (Wildman–Crippen LogP) is 2.86. The molecule has 2 rings (SSSR count). The number of rotatable bonds is 4. The van der Waals surface area contributed by atoms with E-state index in [4.69, 9.17) is 0 Å². The first-order valence-corrected chi connectivity index (χ1v) is 8.13. The lowest BCUT2D eigenvalue weighted by Gasteiger charge is -2.30. The van der Waals surface area contributed by atoms with Crippen LogP contribution in [0.1, 0.15) is 38.3 Å². The van der Waals surface area contributed by atoms with E-state index in [1.807, 2.05) is 7.05 Å². The van der Waals surface area contributed by atoms with Gasteiger partial charge in [0.15, 0.2) is 5.96 Å². The summed E-state index contributed by atoms with van der Waals surface area (Å²) in [4.78, 5) is 6.63. The van der Waals surface area contributed by atoms with Crippen molar-refractivity contribution in [3.8, 4) is 0 Å². The van der Waals surface area contributed by atoms with Gasteiger partial charge < -0.3 is 14.8 Å². The molecule has 1 aliphatic rings. The van der Waals surface area contributed by atoms with Gasteiger partial charge in [0.1, 0.15) is 0 Å². The highest BCUT2D eigenvalue weighted by Gasteiger charge is 2.21. The molecule has 4 nitrogen and oxygen atoms in total. The number of guanidine groups is 1. The molecule has 1 fully saturated rings. The number of aromatic nitrogens is 1. The number of hydrogen-bond acceptors (Lipinski definition) is 1. The summed E-state index contributed by atoms with van der Waals surface area (Å²) in [6.07, 6.45) is 7.61. The third-order valence-electron chi connectivity index (χ3n) is 4.84. The maximum Gasteiger partial charge on any atom is 0.193 e. The lowest BCUT2D eigenvalue weighted by molar-refractivity contribution is 0.254. The average Bonchev–Trinajstić information content (AvgIpc) is 2.87. The second-order valence-electron chi connectivity index (χ2n) is 6.42. The molecular weight excluding hydrogens is 260 g/mol. The van der Waals surface area contributed by atoms with Crippen LogP contribution in [0.5, 0.6) is 0 Å². The van der Waals surface area contributed by atoms with Crippen LogP contribution < -0.4 is 5.32 Å².